The third-order valence-corrected chi connectivity index (χ3v) is 4.58. The summed E-state index contributed by atoms with van der Waals surface area (Å²) in [6.07, 6.45) is 8.74. The van der Waals surface area contributed by atoms with Crippen LogP contribution in [0.3, 0.4) is 0 Å². The minimum atomic E-state index is 0.734. The van der Waals surface area contributed by atoms with Crippen LogP contribution in [0.4, 0.5) is 22.7 Å². The van der Waals surface area contributed by atoms with Crippen molar-refractivity contribution in [2.45, 2.75) is 6.42 Å². The fraction of sp³-hybridized carbons (Fsp3) is 0.0400. The Kier molecular flexibility index (Phi) is 5.34. The van der Waals surface area contributed by atoms with Crippen molar-refractivity contribution in [1.82, 2.24) is 0 Å². The van der Waals surface area contributed by atoms with Gasteiger partial charge in [-0.3, -0.25) is 0 Å². The van der Waals surface area contributed by atoms with E-state index in [0.29, 0.717) is 0 Å². The van der Waals surface area contributed by atoms with Crippen LogP contribution < -0.4 is 11.5 Å². The maximum absolute atomic E-state index is 5.74. The third kappa shape index (κ3) is 5.08. The molecule has 29 heavy (non-hydrogen) atoms. The molecular formula is C25H22N4. The topological polar surface area (TPSA) is 76.8 Å². The number of rotatable bonds is 4. The lowest BCUT2D eigenvalue weighted by molar-refractivity contribution is 1.19. The number of nitrogens with two attached hydrogens (primary N) is 2. The standard InChI is InChI=1S/C25H22N4/c26-20-5-1-18(2-6-20)17-19-3-9-22(10-4-19)28-24-13-15-25(16-14-24)29-23-11-7-21(27)8-12-23/h1-16H,17,26-27H2. The lowest BCUT2D eigenvalue weighted by Gasteiger charge is -2.05. The maximum Gasteiger partial charge on any atom is 0.0638 e. The summed E-state index contributed by atoms with van der Waals surface area (Å²) >= 11 is 0. The van der Waals surface area contributed by atoms with Gasteiger partial charge in [0, 0.05) is 11.4 Å². The van der Waals surface area contributed by atoms with Crippen LogP contribution in [0.15, 0.2) is 107 Å². The van der Waals surface area contributed by atoms with Crippen LogP contribution in [-0.4, -0.2) is 11.4 Å². The molecule has 1 aliphatic carbocycles. The molecule has 0 saturated heterocycles. The smallest absolute Gasteiger partial charge is 0.0638 e. The number of nitrogen functional groups attached to an aromatic ring is 2. The molecule has 0 unspecified atom stereocenters. The number of nitrogens with zero attached hydrogens (tertiary/aromatic N) is 2. The van der Waals surface area contributed by atoms with Gasteiger partial charge in [-0.25, -0.2) is 9.98 Å². The molecule has 0 aliphatic heterocycles. The van der Waals surface area contributed by atoms with E-state index in [2.05, 4.69) is 34.3 Å². The maximum atomic E-state index is 5.74. The van der Waals surface area contributed by atoms with Crippen molar-refractivity contribution in [3.63, 3.8) is 0 Å². The predicted molar refractivity (Wildman–Crippen MR) is 123 cm³/mol. The van der Waals surface area contributed by atoms with Gasteiger partial charge in [-0.15, -0.1) is 0 Å². The van der Waals surface area contributed by atoms with Gasteiger partial charge in [-0.2, -0.15) is 0 Å². The zero-order valence-corrected chi connectivity index (χ0v) is 16.0. The molecule has 0 heterocycles. The Morgan fingerprint density at radius 2 is 0.828 bits per heavy atom. The molecule has 4 heteroatoms. The van der Waals surface area contributed by atoms with Crippen molar-refractivity contribution in [1.29, 1.82) is 0 Å². The van der Waals surface area contributed by atoms with Gasteiger partial charge in [0.1, 0.15) is 0 Å². The molecule has 4 nitrogen and oxygen atoms in total. The highest BCUT2D eigenvalue weighted by atomic mass is 14.8. The average molecular weight is 378 g/mol. The molecule has 0 aromatic heterocycles. The van der Waals surface area contributed by atoms with Crippen LogP contribution in [0.25, 0.3) is 0 Å². The summed E-state index contributed by atoms with van der Waals surface area (Å²) in [5.41, 5.74) is 19.0. The first-order valence-electron chi connectivity index (χ1n) is 9.46. The molecule has 0 atom stereocenters. The Morgan fingerprint density at radius 1 is 0.483 bits per heavy atom. The van der Waals surface area contributed by atoms with E-state index in [1.54, 1.807) is 0 Å². The van der Waals surface area contributed by atoms with Crippen molar-refractivity contribution in [3.05, 3.63) is 108 Å². The van der Waals surface area contributed by atoms with Crippen LogP contribution in [0.1, 0.15) is 11.1 Å². The fourth-order valence-electron chi connectivity index (χ4n) is 3.01. The largest absolute Gasteiger partial charge is 0.399 e. The normalized spacial score (nSPS) is 12.8. The summed E-state index contributed by atoms with van der Waals surface area (Å²) in [7, 11) is 0. The van der Waals surface area contributed by atoms with Gasteiger partial charge < -0.3 is 11.5 Å². The molecule has 4 rings (SSSR count). The molecule has 0 fully saturated rings. The highest BCUT2D eigenvalue weighted by Crippen LogP contribution is 2.19. The quantitative estimate of drug-likeness (QED) is 0.470. The van der Waals surface area contributed by atoms with Crippen LogP contribution in [0, 0.1) is 0 Å². The van der Waals surface area contributed by atoms with E-state index in [9.17, 15) is 0 Å². The summed E-state index contributed by atoms with van der Waals surface area (Å²) in [5.74, 6) is 0. The SMILES string of the molecule is Nc1ccc(Cc2ccc(N=C3C=CC(=Nc4ccc(N)cc4)C=C3)cc2)cc1. The fourth-order valence-corrected chi connectivity index (χ4v) is 3.01. The second kappa shape index (κ2) is 8.40. The monoisotopic (exact) mass is 378 g/mol. The molecule has 0 bridgehead atoms. The third-order valence-electron chi connectivity index (χ3n) is 4.58. The van der Waals surface area contributed by atoms with Crippen LogP contribution in [-0.2, 0) is 6.42 Å². The predicted octanol–water partition coefficient (Wildman–Crippen LogP) is 5.41. The molecule has 0 saturated carbocycles. The van der Waals surface area contributed by atoms with Crippen LogP contribution >= 0.6 is 0 Å². The Hall–Kier alpha value is -3.92. The molecule has 3 aromatic carbocycles. The van der Waals surface area contributed by atoms with Crippen molar-refractivity contribution in [2.75, 3.05) is 11.5 Å². The van der Waals surface area contributed by atoms with E-state index in [-0.39, 0.29) is 0 Å². The summed E-state index contributed by atoms with van der Waals surface area (Å²) in [5, 5.41) is 0. The Balaban J connectivity index is 1.41. The second-order valence-electron chi connectivity index (χ2n) is 6.92. The van der Waals surface area contributed by atoms with Gasteiger partial charge in [0.05, 0.1) is 22.8 Å². The van der Waals surface area contributed by atoms with Crippen LogP contribution in [0.5, 0.6) is 0 Å². The van der Waals surface area contributed by atoms with Gasteiger partial charge in [0.2, 0.25) is 0 Å². The number of anilines is 2. The average Bonchev–Trinajstić information content (AvgIpc) is 2.74. The van der Waals surface area contributed by atoms with Gasteiger partial charge in [0.25, 0.3) is 0 Å². The summed E-state index contributed by atoms with van der Waals surface area (Å²) < 4.78 is 0. The van der Waals surface area contributed by atoms with Crippen molar-refractivity contribution >= 4 is 34.2 Å². The van der Waals surface area contributed by atoms with Gasteiger partial charge >= 0.3 is 0 Å². The molecule has 0 spiro atoms. The Labute approximate surface area is 170 Å². The molecule has 142 valence electrons. The van der Waals surface area contributed by atoms with Crippen LogP contribution in [0.2, 0.25) is 0 Å². The zero-order valence-electron chi connectivity index (χ0n) is 16.0. The number of benzene rings is 3. The van der Waals surface area contributed by atoms with E-state index in [0.717, 1.165) is 40.6 Å². The van der Waals surface area contributed by atoms with Crippen molar-refractivity contribution in [2.24, 2.45) is 9.98 Å². The van der Waals surface area contributed by atoms with E-state index >= 15 is 0 Å². The number of hydrogen-bond donors (Lipinski definition) is 2. The lowest BCUT2D eigenvalue weighted by Crippen LogP contribution is -1.99. The zero-order chi connectivity index (χ0) is 20.1. The van der Waals surface area contributed by atoms with Gasteiger partial charge in [0.15, 0.2) is 0 Å². The molecule has 3 aromatic rings. The minimum absolute atomic E-state index is 0.734. The Morgan fingerprint density at radius 3 is 1.28 bits per heavy atom. The number of aliphatic imine (C=N–C) groups is 2. The highest BCUT2D eigenvalue weighted by molar-refractivity contribution is 6.19. The second-order valence-corrected chi connectivity index (χ2v) is 6.92. The van der Waals surface area contributed by atoms with Crippen molar-refractivity contribution in [3.8, 4) is 0 Å². The molecule has 1 aliphatic rings. The molecule has 4 N–H and O–H groups in total. The molecular weight excluding hydrogens is 356 g/mol. The minimum Gasteiger partial charge on any atom is -0.399 e. The summed E-state index contributed by atoms with van der Waals surface area (Å²) in [4.78, 5) is 9.27. The Bertz CT molecular complexity index is 1080. The van der Waals surface area contributed by atoms with E-state index < -0.39 is 0 Å². The molecule has 0 radical (unpaired) electrons. The van der Waals surface area contributed by atoms with E-state index in [4.69, 9.17) is 11.5 Å². The number of hydrogen-bond acceptors (Lipinski definition) is 4. The summed E-state index contributed by atoms with van der Waals surface area (Å²) in [6, 6.07) is 23.8. The summed E-state index contributed by atoms with van der Waals surface area (Å²) in [6.45, 7) is 0. The first kappa shape index (κ1) is 18.4. The highest BCUT2D eigenvalue weighted by Gasteiger charge is 2.02. The first-order chi connectivity index (χ1) is 14.1. The lowest BCUT2D eigenvalue weighted by atomic mass is 10.0. The first-order valence-corrected chi connectivity index (χ1v) is 9.46. The van der Waals surface area contributed by atoms with Gasteiger partial charge in [-0.1, -0.05) is 24.3 Å². The van der Waals surface area contributed by atoms with Gasteiger partial charge in [-0.05, 0) is 90.4 Å². The van der Waals surface area contributed by atoms with Crippen molar-refractivity contribution < 1.29 is 0 Å². The van der Waals surface area contributed by atoms with E-state index in [1.165, 1.54) is 11.1 Å². The van der Waals surface area contributed by atoms with E-state index in [1.807, 2.05) is 72.8 Å². The molecule has 0 amide bonds. The number of allylic oxidation sites excluding steroid dienone is 4.